The molecular formula is C19H24O4. The Balaban J connectivity index is 2.44. The Hall–Kier alpha value is -2.10. The Kier molecular flexibility index (Phi) is 4.38. The molecule has 1 aromatic carbocycles. The van der Waals surface area contributed by atoms with E-state index in [0.717, 1.165) is 16.7 Å². The number of ether oxygens (including phenoxy) is 2. The molecule has 0 bridgehead atoms. The third kappa shape index (κ3) is 3.31. The number of methoxy groups -OCH3 is 1. The van der Waals surface area contributed by atoms with Gasteiger partial charge in [-0.15, -0.1) is 0 Å². The van der Waals surface area contributed by atoms with Gasteiger partial charge in [0.05, 0.1) is 13.5 Å². The fourth-order valence-electron chi connectivity index (χ4n) is 3.38. The summed E-state index contributed by atoms with van der Waals surface area (Å²) < 4.78 is 10.5. The summed E-state index contributed by atoms with van der Waals surface area (Å²) >= 11 is 0. The highest BCUT2D eigenvalue weighted by atomic mass is 16.6. The predicted molar refractivity (Wildman–Crippen MR) is 88.1 cm³/mol. The first-order valence-electron chi connectivity index (χ1n) is 7.68. The van der Waals surface area contributed by atoms with Gasteiger partial charge in [0.15, 0.2) is 0 Å². The van der Waals surface area contributed by atoms with Gasteiger partial charge in [0, 0.05) is 12.0 Å². The molecule has 0 fully saturated rings. The van der Waals surface area contributed by atoms with Crippen LogP contribution in [0.15, 0.2) is 30.4 Å². The van der Waals surface area contributed by atoms with Crippen molar-refractivity contribution in [3.05, 3.63) is 47.0 Å². The van der Waals surface area contributed by atoms with E-state index < -0.39 is 11.6 Å². The van der Waals surface area contributed by atoms with Gasteiger partial charge in [-0.3, -0.25) is 4.79 Å². The first-order valence-corrected chi connectivity index (χ1v) is 7.68. The summed E-state index contributed by atoms with van der Waals surface area (Å²) in [5.41, 5.74) is 2.50. The molecule has 0 saturated carbocycles. The minimum absolute atomic E-state index is 0.108. The first-order chi connectivity index (χ1) is 10.6. The zero-order chi connectivity index (χ0) is 17.4. The number of hydrogen-bond donors (Lipinski definition) is 0. The maximum Gasteiger partial charge on any atom is 0.333 e. The van der Waals surface area contributed by atoms with Crippen LogP contribution in [-0.4, -0.2) is 19.0 Å². The smallest absolute Gasteiger partial charge is 0.333 e. The van der Waals surface area contributed by atoms with Crippen molar-refractivity contribution >= 4 is 11.9 Å². The Morgan fingerprint density at radius 3 is 2.43 bits per heavy atom. The van der Waals surface area contributed by atoms with E-state index >= 15 is 0 Å². The molecule has 0 amide bonds. The maximum atomic E-state index is 12.0. The van der Waals surface area contributed by atoms with Gasteiger partial charge < -0.3 is 9.47 Å². The number of esters is 2. The molecule has 2 rings (SSSR count). The lowest BCUT2D eigenvalue weighted by Crippen LogP contribution is -2.29. The first kappa shape index (κ1) is 17.3. The molecule has 0 heterocycles. The van der Waals surface area contributed by atoms with Crippen molar-refractivity contribution < 1.29 is 19.1 Å². The van der Waals surface area contributed by atoms with Crippen LogP contribution < -0.4 is 0 Å². The number of benzene rings is 1. The number of carbonyl (C=O) groups is 2. The highest BCUT2D eigenvalue weighted by molar-refractivity contribution is 5.87. The fraction of sp³-hybridized carbons (Fsp3) is 0.474. The SMILES string of the molecule is C=C(C)C(=O)OC1(C)CC(C)(C)c2ccc(CC(=O)OC)cc21. The zero-order valence-corrected chi connectivity index (χ0v) is 14.5. The third-order valence-electron chi connectivity index (χ3n) is 4.40. The Morgan fingerprint density at radius 1 is 1.22 bits per heavy atom. The lowest BCUT2D eigenvalue weighted by Gasteiger charge is -2.28. The van der Waals surface area contributed by atoms with E-state index in [1.165, 1.54) is 7.11 Å². The minimum atomic E-state index is -0.721. The predicted octanol–water partition coefficient (Wildman–Crippen LogP) is 3.42. The maximum absolute atomic E-state index is 12.0. The minimum Gasteiger partial charge on any atom is -0.469 e. The topological polar surface area (TPSA) is 52.6 Å². The van der Waals surface area contributed by atoms with Crippen LogP contribution in [-0.2, 0) is 36.5 Å². The van der Waals surface area contributed by atoms with Crippen LogP contribution in [0.4, 0.5) is 0 Å². The molecule has 0 saturated heterocycles. The largest absolute Gasteiger partial charge is 0.469 e. The molecule has 0 aromatic heterocycles. The van der Waals surface area contributed by atoms with Crippen LogP contribution in [0.2, 0.25) is 0 Å². The van der Waals surface area contributed by atoms with E-state index in [-0.39, 0.29) is 17.8 Å². The van der Waals surface area contributed by atoms with Gasteiger partial charge in [-0.2, -0.15) is 0 Å². The Labute approximate surface area is 137 Å². The van der Waals surface area contributed by atoms with Gasteiger partial charge in [0.25, 0.3) is 0 Å². The lowest BCUT2D eigenvalue weighted by atomic mass is 9.85. The molecule has 1 atom stereocenters. The van der Waals surface area contributed by atoms with Gasteiger partial charge in [-0.1, -0.05) is 38.6 Å². The van der Waals surface area contributed by atoms with Crippen LogP contribution in [0.5, 0.6) is 0 Å². The summed E-state index contributed by atoms with van der Waals surface area (Å²) in [6, 6.07) is 5.91. The Morgan fingerprint density at radius 2 is 1.87 bits per heavy atom. The van der Waals surface area contributed by atoms with Crippen molar-refractivity contribution in [2.45, 2.75) is 51.6 Å². The van der Waals surface area contributed by atoms with Crippen molar-refractivity contribution in [2.24, 2.45) is 0 Å². The summed E-state index contributed by atoms with van der Waals surface area (Å²) in [7, 11) is 1.37. The molecule has 4 nitrogen and oxygen atoms in total. The van der Waals surface area contributed by atoms with E-state index in [0.29, 0.717) is 12.0 Å². The zero-order valence-electron chi connectivity index (χ0n) is 14.5. The second-order valence-electron chi connectivity index (χ2n) is 7.09. The van der Waals surface area contributed by atoms with Gasteiger partial charge in [-0.25, -0.2) is 4.79 Å². The number of fused-ring (bicyclic) bond motifs is 1. The third-order valence-corrected chi connectivity index (χ3v) is 4.40. The van der Waals surface area contributed by atoms with Gasteiger partial charge in [0.2, 0.25) is 0 Å². The molecule has 4 heteroatoms. The molecule has 1 unspecified atom stereocenters. The van der Waals surface area contributed by atoms with Crippen molar-refractivity contribution in [2.75, 3.05) is 7.11 Å². The fourth-order valence-corrected chi connectivity index (χ4v) is 3.38. The molecule has 23 heavy (non-hydrogen) atoms. The summed E-state index contributed by atoms with van der Waals surface area (Å²) in [6.07, 6.45) is 0.894. The average Bonchev–Trinajstić information content (AvgIpc) is 2.65. The van der Waals surface area contributed by atoms with Crippen LogP contribution in [0.25, 0.3) is 0 Å². The summed E-state index contributed by atoms with van der Waals surface area (Å²) in [6.45, 7) is 11.5. The van der Waals surface area contributed by atoms with Crippen LogP contribution in [0.1, 0.15) is 50.8 Å². The van der Waals surface area contributed by atoms with Crippen molar-refractivity contribution in [3.63, 3.8) is 0 Å². The molecule has 0 radical (unpaired) electrons. The average molecular weight is 316 g/mol. The summed E-state index contributed by atoms with van der Waals surface area (Å²) in [5, 5.41) is 0. The van der Waals surface area contributed by atoms with Crippen LogP contribution in [0, 0.1) is 0 Å². The van der Waals surface area contributed by atoms with Crippen LogP contribution in [0.3, 0.4) is 0 Å². The summed E-state index contributed by atoms with van der Waals surface area (Å²) in [5.74, 6) is -0.683. The number of hydrogen-bond acceptors (Lipinski definition) is 4. The van der Waals surface area contributed by atoms with E-state index in [1.54, 1.807) is 6.92 Å². The standard InChI is InChI=1S/C19H24O4/c1-12(2)17(21)23-19(5)11-18(3,4)14-8-7-13(9-15(14)19)10-16(20)22-6/h7-9H,1,10-11H2,2-6H3. The van der Waals surface area contributed by atoms with Crippen molar-refractivity contribution in [3.8, 4) is 0 Å². The van der Waals surface area contributed by atoms with E-state index in [2.05, 4.69) is 20.4 Å². The van der Waals surface area contributed by atoms with Gasteiger partial charge in [0.1, 0.15) is 5.60 Å². The molecule has 0 spiro atoms. The van der Waals surface area contributed by atoms with Gasteiger partial charge >= 0.3 is 11.9 Å². The number of rotatable bonds is 4. The van der Waals surface area contributed by atoms with Crippen LogP contribution >= 0.6 is 0 Å². The molecule has 1 aromatic rings. The highest BCUT2D eigenvalue weighted by Gasteiger charge is 2.47. The second-order valence-corrected chi connectivity index (χ2v) is 7.09. The van der Waals surface area contributed by atoms with Crippen molar-refractivity contribution in [1.82, 2.24) is 0 Å². The number of carbonyl (C=O) groups excluding carboxylic acids is 2. The van der Waals surface area contributed by atoms with E-state index in [1.807, 2.05) is 25.1 Å². The van der Waals surface area contributed by atoms with E-state index in [4.69, 9.17) is 9.47 Å². The molecule has 1 aliphatic carbocycles. The normalized spacial score (nSPS) is 21.4. The monoisotopic (exact) mass is 316 g/mol. The molecule has 0 N–H and O–H groups in total. The quantitative estimate of drug-likeness (QED) is 0.631. The van der Waals surface area contributed by atoms with Gasteiger partial charge in [-0.05, 0) is 36.0 Å². The molecule has 124 valence electrons. The lowest BCUT2D eigenvalue weighted by molar-refractivity contribution is -0.155. The van der Waals surface area contributed by atoms with E-state index in [9.17, 15) is 9.59 Å². The molecular weight excluding hydrogens is 292 g/mol. The highest BCUT2D eigenvalue weighted by Crippen LogP contribution is 2.50. The Bertz CT molecular complexity index is 672. The molecule has 1 aliphatic rings. The van der Waals surface area contributed by atoms with Crippen molar-refractivity contribution in [1.29, 1.82) is 0 Å². The second kappa shape index (κ2) is 5.84. The molecule has 0 aliphatic heterocycles. The summed E-state index contributed by atoms with van der Waals surface area (Å²) in [4.78, 5) is 23.6.